The molecule has 3 amide bonds. The van der Waals surface area contributed by atoms with Gasteiger partial charge in [-0.15, -0.1) is 0 Å². The normalized spacial score (nSPS) is 11.5. The van der Waals surface area contributed by atoms with Gasteiger partial charge in [-0.2, -0.15) is 0 Å². The number of halogens is 1. The van der Waals surface area contributed by atoms with E-state index in [0.717, 1.165) is 0 Å². The van der Waals surface area contributed by atoms with Gasteiger partial charge in [0.1, 0.15) is 17.6 Å². The van der Waals surface area contributed by atoms with Crippen LogP contribution in [0.15, 0.2) is 100 Å². The van der Waals surface area contributed by atoms with E-state index in [1.165, 1.54) is 47.8 Å². The Morgan fingerprint density at radius 1 is 0.829 bits per heavy atom. The van der Waals surface area contributed by atoms with Crippen LogP contribution in [0.4, 0.5) is 10.1 Å². The summed E-state index contributed by atoms with van der Waals surface area (Å²) >= 11 is 0. The Morgan fingerprint density at radius 2 is 1.54 bits per heavy atom. The third-order valence-corrected chi connectivity index (χ3v) is 5.16. The molecular weight excluding hydrogens is 453 g/mol. The van der Waals surface area contributed by atoms with Gasteiger partial charge in [0.05, 0.1) is 25.6 Å². The van der Waals surface area contributed by atoms with Crippen LogP contribution < -0.4 is 15.5 Å². The number of nitrogens with one attached hydrogen (secondary N) is 2. The van der Waals surface area contributed by atoms with E-state index in [-0.39, 0.29) is 18.0 Å². The lowest BCUT2D eigenvalue weighted by atomic mass is 10.0. The highest BCUT2D eigenvalue weighted by Crippen LogP contribution is 2.28. The average Bonchev–Trinajstić information content (AvgIpc) is 3.60. The Hall–Kier alpha value is -4.66. The van der Waals surface area contributed by atoms with Crippen LogP contribution in [0.1, 0.15) is 27.9 Å². The second-order valence-corrected chi connectivity index (χ2v) is 7.51. The highest BCUT2D eigenvalue weighted by molar-refractivity contribution is 6.04. The molecule has 0 radical (unpaired) electrons. The molecule has 0 spiro atoms. The van der Waals surface area contributed by atoms with Crippen LogP contribution in [-0.4, -0.2) is 24.3 Å². The second-order valence-electron chi connectivity index (χ2n) is 7.51. The summed E-state index contributed by atoms with van der Waals surface area (Å²) in [4.78, 5) is 40.4. The van der Waals surface area contributed by atoms with Crippen molar-refractivity contribution >= 4 is 23.4 Å². The predicted molar refractivity (Wildman–Crippen MR) is 125 cm³/mol. The number of furan rings is 2. The van der Waals surface area contributed by atoms with Crippen LogP contribution in [-0.2, 0) is 16.1 Å². The van der Waals surface area contributed by atoms with E-state index >= 15 is 0 Å². The first-order chi connectivity index (χ1) is 17.0. The summed E-state index contributed by atoms with van der Waals surface area (Å²) in [5.74, 6) is -1.56. The van der Waals surface area contributed by atoms with E-state index < -0.39 is 36.1 Å². The Bertz CT molecular complexity index is 1260. The van der Waals surface area contributed by atoms with E-state index in [4.69, 9.17) is 8.83 Å². The minimum Gasteiger partial charge on any atom is -0.467 e. The highest BCUT2D eigenvalue weighted by atomic mass is 19.1. The minimum absolute atomic E-state index is 0.0435. The Labute approximate surface area is 200 Å². The number of carbonyl (C=O) groups is 3. The highest BCUT2D eigenvalue weighted by Gasteiger charge is 2.33. The van der Waals surface area contributed by atoms with Gasteiger partial charge in [-0.05, 0) is 54.1 Å². The first-order valence-electron chi connectivity index (χ1n) is 10.8. The van der Waals surface area contributed by atoms with Gasteiger partial charge in [-0.3, -0.25) is 19.3 Å². The van der Waals surface area contributed by atoms with Gasteiger partial charge < -0.3 is 19.5 Å². The topological polar surface area (TPSA) is 105 Å². The number of amides is 3. The van der Waals surface area contributed by atoms with Gasteiger partial charge in [-0.25, -0.2) is 4.39 Å². The maximum atomic E-state index is 13.7. The molecule has 178 valence electrons. The molecule has 2 N–H and O–H groups in total. The van der Waals surface area contributed by atoms with Gasteiger partial charge in [0.2, 0.25) is 11.8 Å². The van der Waals surface area contributed by atoms with Gasteiger partial charge in [-0.1, -0.05) is 30.3 Å². The Kier molecular flexibility index (Phi) is 7.37. The van der Waals surface area contributed by atoms with Crippen LogP contribution in [0.5, 0.6) is 0 Å². The summed E-state index contributed by atoms with van der Waals surface area (Å²) in [7, 11) is 0. The average molecular weight is 475 g/mol. The molecule has 35 heavy (non-hydrogen) atoms. The van der Waals surface area contributed by atoms with E-state index in [1.807, 2.05) is 0 Å². The van der Waals surface area contributed by atoms with Crippen molar-refractivity contribution in [2.24, 2.45) is 0 Å². The number of nitrogens with zero attached hydrogens (tertiary/aromatic N) is 1. The van der Waals surface area contributed by atoms with Crippen LogP contribution in [0.2, 0.25) is 0 Å². The zero-order valence-electron chi connectivity index (χ0n) is 18.5. The molecule has 2 heterocycles. The quantitative estimate of drug-likeness (QED) is 0.383. The molecule has 9 heteroatoms. The van der Waals surface area contributed by atoms with Crippen LogP contribution in [0.3, 0.4) is 0 Å². The third kappa shape index (κ3) is 5.83. The lowest BCUT2D eigenvalue weighted by molar-refractivity contribution is -0.126. The lowest BCUT2D eigenvalue weighted by Crippen LogP contribution is -2.47. The van der Waals surface area contributed by atoms with Gasteiger partial charge in [0, 0.05) is 5.69 Å². The number of anilines is 1. The zero-order valence-corrected chi connectivity index (χ0v) is 18.5. The molecule has 0 saturated carbocycles. The van der Waals surface area contributed by atoms with Crippen molar-refractivity contribution in [1.82, 2.24) is 10.6 Å². The fraction of sp³-hybridized carbons (Fsp3) is 0.115. The number of rotatable bonds is 9. The SMILES string of the molecule is O=C(NCC(=O)N(c1ccc(F)cc1)[C@H](C(=O)NCc1ccco1)c1ccccc1)c1ccco1. The molecule has 0 aliphatic heterocycles. The molecule has 0 bridgehead atoms. The van der Waals surface area contributed by atoms with E-state index in [0.29, 0.717) is 11.3 Å². The van der Waals surface area contributed by atoms with E-state index in [9.17, 15) is 18.8 Å². The molecule has 4 rings (SSSR count). The van der Waals surface area contributed by atoms with E-state index in [1.54, 1.807) is 48.5 Å². The maximum absolute atomic E-state index is 13.7. The summed E-state index contributed by atoms with van der Waals surface area (Å²) in [5.41, 5.74) is 0.810. The lowest BCUT2D eigenvalue weighted by Gasteiger charge is -2.31. The van der Waals surface area contributed by atoms with Crippen molar-refractivity contribution in [3.8, 4) is 0 Å². The summed E-state index contributed by atoms with van der Waals surface area (Å²) in [6.45, 7) is -0.318. The van der Waals surface area contributed by atoms with Crippen molar-refractivity contribution < 1.29 is 27.6 Å². The number of hydrogen-bond donors (Lipinski definition) is 2. The second kappa shape index (κ2) is 11.0. The Morgan fingerprint density at radius 3 is 2.20 bits per heavy atom. The van der Waals surface area contributed by atoms with Crippen molar-refractivity contribution in [3.05, 3.63) is 114 Å². The van der Waals surface area contributed by atoms with Crippen molar-refractivity contribution in [3.63, 3.8) is 0 Å². The van der Waals surface area contributed by atoms with Gasteiger partial charge in [0.25, 0.3) is 5.91 Å². The number of benzene rings is 2. The van der Waals surface area contributed by atoms with Crippen molar-refractivity contribution in [2.45, 2.75) is 12.6 Å². The summed E-state index contributed by atoms with van der Waals surface area (Å²) in [5, 5.41) is 5.29. The fourth-order valence-corrected chi connectivity index (χ4v) is 3.51. The van der Waals surface area contributed by atoms with Gasteiger partial charge in [0.15, 0.2) is 5.76 Å². The largest absolute Gasteiger partial charge is 0.467 e. The maximum Gasteiger partial charge on any atom is 0.287 e. The smallest absolute Gasteiger partial charge is 0.287 e. The number of carbonyl (C=O) groups excluding carboxylic acids is 3. The van der Waals surface area contributed by atoms with Crippen LogP contribution >= 0.6 is 0 Å². The van der Waals surface area contributed by atoms with Gasteiger partial charge >= 0.3 is 0 Å². The molecule has 0 saturated heterocycles. The monoisotopic (exact) mass is 475 g/mol. The minimum atomic E-state index is -1.11. The molecule has 0 aliphatic rings. The van der Waals surface area contributed by atoms with E-state index in [2.05, 4.69) is 10.6 Å². The standard InChI is InChI=1S/C26H22FN3O5/c27-19-10-12-20(13-11-19)30(23(31)17-29-25(32)22-9-5-15-35-22)24(18-6-2-1-3-7-18)26(33)28-16-21-8-4-14-34-21/h1-15,24H,16-17H2,(H,28,33)(H,29,32)/t24-/m0/s1. The summed E-state index contributed by atoms with van der Waals surface area (Å²) in [6.07, 6.45) is 2.84. The first kappa shape index (κ1) is 23.5. The fourth-order valence-electron chi connectivity index (χ4n) is 3.51. The van der Waals surface area contributed by atoms with Crippen LogP contribution in [0.25, 0.3) is 0 Å². The number of hydrogen-bond acceptors (Lipinski definition) is 5. The molecule has 0 unspecified atom stereocenters. The van der Waals surface area contributed by atoms with Crippen molar-refractivity contribution in [1.29, 1.82) is 0 Å². The third-order valence-electron chi connectivity index (χ3n) is 5.16. The van der Waals surface area contributed by atoms with Crippen molar-refractivity contribution in [2.75, 3.05) is 11.4 Å². The predicted octanol–water partition coefficient (Wildman–Crippen LogP) is 3.83. The molecule has 0 fully saturated rings. The summed E-state index contributed by atoms with van der Waals surface area (Å²) in [6, 6.07) is 19.2. The molecule has 4 aromatic rings. The Balaban J connectivity index is 1.65. The molecule has 2 aromatic heterocycles. The molecule has 8 nitrogen and oxygen atoms in total. The van der Waals surface area contributed by atoms with Crippen LogP contribution in [0, 0.1) is 5.82 Å². The molecular formula is C26H22FN3O5. The summed E-state index contributed by atoms with van der Waals surface area (Å²) < 4.78 is 24.0. The molecule has 1 atom stereocenters. The first-order valence-corrected chi connectivity index (χ1v) is 10.8. The molecule has 0 aliphatic carbocycles. The molecule has 2 aromatic carbocycles. The zero-order chi connectivity index (χ0) is 24.6.